The second kappa shape index (κ2) is 14.7. The van der Waals surface area contributed by atoms with Crippen LogP contribution in [-0.2, 0) is 16.3 Å². The zero-order valence-corrected chi connectivity index (χ0v) is 26.0. The molecule has 2 N–H and O–H groups in total. The van der Waals surface area contributed by atoms with E-state index in [0.29, 0.717) is 23.2 Å². The number of hydrogen-bond donors (Lipinski definition) is 2. The van der Waals surface area contributed by atoms with Crippen molar-refractivity contribution in [1.82, 2.24) is 14.9 Å². The summed E-state index contributed by atoms with van der Waals surface area (Å²) < 4.78 is 31.5. The van der Waals surface area contributed by atoms with Crippen molar-refractivity contribution in [2.75, 3.05) is 37.9 Å². The molecule has 0 aliphatic carbocycles. The maximum Gasteiger partial charge on any atom is 0.229 e. The van der Waals surface area contributed by atoms with E-state index in [-0.39, 0.29) is 9.92 Å². The lowest BCUT2D eigenvalue weighted by Gasteiger charge is -2.19. The Morgan fingerprint density at radius 1 is 1.05 bits per heavy atom. The lowest BCUT2D eigenvalue weighted by Crippen LogP contribution is -2.22. The van der Waals surface area contributed by atoms with Crippen molar-refractivity contribution >= 4 is 44.6 Å². The van der Waals surface area contributed by atoms with Crippen LogP contribution in [0.3, 0.4) is 0 Å². The molecule has 0 aliphatic rings. The quantitative estimate of drug-likeness (QED) is 0.181. The van der Waals surface area contributed by atoms with Gasteiger partial charge in [0.15, 0.2) is 15.7 Å². The number of anilines is 4. The van der Waals surface area contributed by atoms with Crippen molar-refractivity contribution in [3.63, 3.8) is 0 Å². The van der Waals surface area contributed by atoms with Crippen molar-refractivity contribution in [3.05, 3.63) is 58.7 Å². The Morgan fingerprint density at radius 2 is 1.80 bits per heavy atom. The summed E-state index contributed by atoms with van der Waals surface area (Å²) in [6.07, 6.45) is 7.45. The fourth-order valence-corrected chi connectivity index (χ4v) is 5.67. The van der Waals surface area contributed by atoms with Gasteiger partial charge in [-0.2, -0.15) is 4.98 Å². The highest BCUT2D eigenvalue weighted by atomic mass is 35.5. The zero-order valence-electron chi connectivity index (χ0n) is 24.4. The van der Waals surface area contributed by atoms with Crippen LogP contribution < -0.4 is 15.4 Å². The smallest absolute Gasteiger partial charge is 0.229 e. The molecule has 0 fully saturated rings. The van der Waals surface area contributed by atoms with Gasteiger partial charge >= 0.3 is 0 Å². The maximum absolute atomic E-state index is 12.9. The van der Waals surface area contributed by atoms with E-state index in [1.54, 1.807) is 45.2 Å². The number of unbranched alkanes of at least 4 members (excludes halogenated alkanes) is 3. The highest BCUT2D eigenvalue weighted by Gasteiger charge is 2.23. The van der Waals surface area contributed by atoms with Gasteiger partial charge in [-0.3, -0.25) is 0 Å². The Bertz CT molecular complexity index is 1380. The third-order valence-corrected chi connectivity index (χ3v) is 9.36. The molecular weight excluding hydrogens is 546 g/mol. The van der Waals surface area contributed by atoms with E-state index < -0.39 is 15.1 Å². The molecule has 2 aromatic carbocycles. The van der Waals surface area contributed by atoms with Crippen LogP contribution in [0, 0.1) is 6.92 Å². The molecule has 40 heavy (non-hydrogen) atoms. The first-order valence-electron chi connectivity index (χ1n) is 13.8. The molecule has 0 radical (unpaired) electrons. The van der Waals surface area contributed by atoms with Crippen LogP contribution in [-0.4, -0.2) is 55.8 Å². The number of methoxy groups -OCH3 is 1. The van der Waals surface area contributed by atoms with Gasteiger partial charge in [0.25, 0.3) is 0 Å². The molecule has 0 amide bonds. The lowest BCUT2D eigenvalue weighted by molar-refractivity contribution is 0.328. The van der Waals surface area contributed by atoms with Gasteiger partial charge in [0.05, 0.1) is 34.8 Å². The molecule has 218 valence electrons. The predicted molar refractivity (Wildman–Crippen MR) is 165 cm³/mol. The summed E-state index contributed by atoms with van der Waals surface area (Å²) in [5.41, 5.74) is 3.50. The summed E-state index contributed by atoms with van der Waals surface area (Å²) in [5, 5.41) is 6.02. The molecule has 0 aliphatic heterocycles. The van der Waals surface area contributed by atoms with E-state index in [1.807, 2.05) is 6.07 Å². The van der Waals surface area contributed by atoms with Crippen LogP contribution in [0.15, 0.2) is 47.5 Å². The van der Waals surface area contributed by atoms with Crippen molar-refractivity contribution in [2.24, 2.45) is 0 Å². The van der Waals surface area contributed by atoms with E-state index in [4.69, 9.17) is 16.3 Å². The van der Waals surface area contributed by atoms with Crippen molar-refractivity contribution in [1.29, 1.82) is 0 Å². The first-order chi connectivity index (χ1) is 19.1. The number of benzene rings is 2. The Kier molecular flexibility index (Phi) is 11.6. The lowest BCUT2D eigenvalue weighted by atomic mass is 10.0. The Balaban J connectivity index is 1.78. The summed E-state index contributed by atoms with van der Waals surface area (Å²) in [6.45, 7) is 9.71. The average molecular weight is 588 g/mol. The fourth-order valence-electron chi connectivity index (χ4n) is 4.33. The Hall–Kier alpha value is -2.88. The second-order valence-corrected chi connectivity index (χ2v) is 13.2. The molecule has 0 bridgehead atoms. The van der Waals surface area contributed by atoms with Crippen LogP contribution in [0.4, 0.5) is 23.1 Å². The Labute approximate surface area is 244 Å². The number of aromatic nitrogens is 2. The first kappa shape index (κ1) is 31.6. The number of aryl methyl sites for hydroxylation is 1. The minimum Gasteiger partial charge on any atom is -0.495 e. The van der Waals surface area contributed by atoms with E-state index in [0.717, 1.165) is 30.8 Å². The van der Waals surface area contributed by atoms with Gasteiger partial charge in [-0.15, -0.1) is 0 Å². The summed E-state index contributed by atoms with van der Waals surface area (Å²) in [7, 11) is 0.296. The molecule has 1 aromatic heterocycles. The molecule has 10 heteroatoms. The summed E-state index contributed by atoms with van der Waals surface area (Å²) in [4.78, 5) is 11.4. The van der Waals surface area contributed by atoms with Gasteiger partial charge in [0, 0.05) is 6.54 Å². The van der Waals surface area contributed by atoms with E-state index in [2.05, 4.69) is 52.5 Å². The number of rotatable bonds is 15. The number of hydrogen-bond acceptors (Lipinski definition) is 8. The third-order valence-electron chi connectivity index (χ3n) is 6.87. The minimum absolute atomic E-state index is 0.189. The number of ether oxygens (including phenoxy) is 1. The third kappa shape index (κ3) is 8.32. The summed E-state index contributed by atoms with van der Waals surface area (Å²) in [6, 6.07) is 10.8. The normalized spacial score (nSPS) is 11.7. The highest BCUT2D eigenvalue weighted by molar-refractivity contribution is 7.92. The van der Waals surface area contributed by atoms with Crippen LogP contribution in [0.2, 0.25) is 5.02 Å². The maximum atomic E-state index is 12.9. The van der Waals surface area contributed by atoms with Gasteiger partial charge in [-0.25, -0.2) is 13.4 Å². The van der Waals surface area contributed by atoms with Gasteiger partial charge in [0.2, 0.25) is 5.95 Å². The summed E-state index contributed by atoms with van der Waals surface area (Å²) >= 11 is 6.40. The molecule has 8 nitrogen and oxygen atoms in total. The molecule has 3 rings (SSSR count). The number of likely N-dealkylation sites (N-methyl/N-ethyl adjacent to an activating group) is 1. The minimum atomic E-state index is -3.52. The number of nitrogens with zero attached hydrogens (tertiary/aromatic N) is 3. The highest BCUT2D eigenvalue weighted by Crippen LogP contribution is 2.33. The molecule has 0 saturated heterocycles. The van der Waals surface area contributed by atoms with Crippen LogP contribution in [0.25, 0.3) is 0 Å². The number of halogens is 1. The zero-order chi connectivity index (χ0) is 29.3. The topological polar surface area (TPSA) is 96.5 Å². The SMILES string of the molecule is CCCCCCN(C)CCc1cc(OC)c(Nc2ncc(Cl)c(Nc3ccccc3S(=O)(=O)C(C)C)n2)cc1C. The van der Waals surface area contributed by atoms with Crippen molar-refractivity contribution in [3.8, 4) is 5.75 Å². The van der Waals surface area contributed by atoms with Crippen LogP contribution >= 0.6 is 11.6 Å². The molecular formula is C30H42ClN5O3S. The van der Waals surface area contributed by atoms with Crippen molar-refractivity contribution in [2.45, 2.75) is 69.9 Å². The largest absolute Gasteiger partial charge is 0.495 e. The molecule has 0 unspecified atom stereocenters. The predicted octanol–water partition coefficient (Wildman–Crippen LogP) is 7.17. The summed E-state index contributed by atoms with van der Waals surface area (Å²) in [5.74, 6) is 1.28. The monoisotopic (exact) mass is 587 g/mol. The fraction of sp³-hybridized carbons (Fsp3) is 0.467. The molecule has 3 aromatic rings. The standard InChI is InChI=1S/C30H42ClN5O3S/c1-7-8-9-12-16-36(5)17-15-23-19-27(39-6)26(18-22(23)4)34-30-32-20-24(31)29(35-30)33-25-13-10-11-14-28(25)40(37,38)21(2)3/h10-11,13-14,18-21H,7-9,12,15-17H2,1-6H3,(H2,32,33,34,35). The van der Waals surface area contributed by atoms with Gasteiger partial charge < -0.3 is 20.3 Å². The van der Waals surface area contributed by atoms with Gasteiger partial charge in [-0.05, 0) is 82.6 Å². The van der Waals surface area contributed by atoms with Crippen LogP contribution in [0.1, 0.15) is 57.6 Å². The van der Waals surface area contributed by atoms with E-state index >= 15 is 0 Å². The molecule has 0 saturated carbocycles. The molecule has 1 heterocycles. The number of sulfone groups is 1. The second-order valence-electron chi connectivity index (χ2n) is 10.3. The molecule has 0 atom stereocenters. The number of nitrogens with one attached hydrogen (secondary N) is 2. The average Bonchev–Trinajstić information content (AvgIpc) is 2.92. The van der Waals surface area contributed by atoms with Gasteiger partial charge in [-0.1, -0.05) is 49.9 Å². The molecule has 0 spiro atoms. The van der Waals surface area contributed by atoms with E-state index in [9.17, 15) is 8.42 Å². The first-order valence-corrected chi connectivity index (χ1v) is 15.7. The van der Waals surface area contributed by atoms with Gasteiger partial charge in [0.1, 0.15) is 10.8 Å². The Morgan fingerprint density at radius 3 is 2.50 bits per heavy atom. The van der Waals surface area contributed by atoms with Crippen molar-refractivity contribution < 1.29 is 13.2 Å². The number of para-hydroxylation sites is 1. The van der Waals surface area contributed by atoms with Crippen LogP contribution in [0.5, 0.6) is 5.75 Å². The van der Waals surface area contributed by atoms with E-state index in [1.165, 1.54) is 37.4 Å².